The van der Waals surface area contributed by atoms with Crippen LogP contribution in [0.25, 0.3) is 0 Å². The van der Waals surface area contributed by atoms with E-state index in [1.165, 1.54) is 6.42 Å². The number of nitrogens with one attached hydrogen (secondary N) is 2. The third kappa shape index (κ3) is 5.41. The molecule has 2 amide bonds. The predicted octanol–water partition coefficient (Wildman–Crippen LogP) is 4.21. The molecule has 0 heterocycles. The van der Waals surface area contributed by atoms with Gasteiger partial charge in [0.25, 0.3) is 11.8 Å². The second kappa shape index (κ2) is 9.65. The number of hydrogen-bond acceptors (Lipinski definition) is 3. The highest BCUT2D eigenvalue weighted by Gasteiger charge is 2.21. The van der Waals surface area contributed by atoms with Crippen LogP contribution in [0.15, 0.2) is 48.5 Å². The zero-order chi connectivity index (χ0) is 20.8. The number of benzene rings is 2. The molecular formula is C23H27N3O2S. The summed E-state index contributed by atoms with van der Waals surface area (Å²) < 4.78 is 0. The summed E-state index contributed by atoms with van der Waals surface area (Å²) in [5, 5.41) is 6.14. The van der Waals surface area contributed by atoms with Gasteiger partial charge in [0, 0.05) is 18.7 Å². The molecule has 1 aliphatic carbocycles. The Morgan fingerprint density at radius 1 is 0.966 bits per heavy atom. The van der Waals surface area contributed by atoms with Gasteiger partial charge in [-0.2, -0.15) is 0 Å². The van der Waals surface area contributed by atoms with Crippen LogP contribution in [0.3, 0.4) is 0 Å². The molecule has 6 heteroatoms. The van der Waals surface area contributed by atoms with Gasteiger partial charge >= 0.3 is 0 Å². The minimum Gasteiger partial charge on any atom is -0.349 e. The zero-order valence-electron chi connectivity index (χ0n) is 16.9. The van der Waals surface area contributed by atoms with Crippen molar-refractivity contribution in [2.75, 3.05) is 11.9 Å². The smallest absolute Gasteiger partial charge is 0.257 e. The van der Waals surface area contributed by atoms with E-state index >= 15 is 0 Å². The number of thiocarbonyl (C=S) groups is 1. The van der Waals surface area contributed by atoms with E-state index in [0.717, 1.165) is 31.2 Å². The van der Waals surface area contributed by atoms with Gasteiger partial charge in [0.1, 0.15) is 0 Å². The average Bonchev–Trinajstić information content (AvgIpc) is 2.74. The second-order valence-corrected chi connectivity index (χ2v) is 7.90. The van der Waals surface area contributed by atoms with Crippen LogP contribution in [-0.4, -0.2) is 30.0 Å². The molecule has 0 atom stereocenters. The van der Waals surface area contributed by atoms with E-state index in [-0.39, 0.29) is 23.0 Å². The summed E-state index contributed by atoms with van der Waals surface area (Å²) in [5.41, 5.74) is 2.83. The number of anilines is 1. The zero-order valence-corrected chi connectivity index (χ0v) is 17.7. The highest BCUT2D eigenvalue weighted by molar-refractivity contribution is 7.80. The maximum absolute atomic E-state index is 12.9. The molecular weight excluding hydrogens is 382 g/mol. The quantitative estimate of drug-likeness (QED) is 0.743. The molecule has 5 nitrogen and oxygen atoms in total. The Morgan fingerprint density at radius 2 is 1.62 bits per heavy atom. The van der Waals surface area contributed by atoms with E-state index < -0.39 is 0 Å². The Hall–Kier alpha value is -2.73. The SMILES string of the molecule is Cc1ccc(C(=O)NC(=S)N(C)c2ccccc2C(=O)NC2CCCCC2)cc1. The first-order valence-corrected chi connectivity index (χ1v) is 10.4. The van der Waals surface area contributed by atoms with Crippen molar-refractivity contribution in [2.45, 2.75) is 45.1 Å². The van der Waals surface area contributed by atoms with E-state index in [4.69, 9.17) is 12.2 Å². The Morgan fingerprint density at radius 3 is 2.31 bits per heavy atom. The molecule has 1 aliphatic rings. The number of nitrogens with zero attached hydrogens (tertiary/aromatic N) is 1. The van der Waals surface area contributed by atoms with Gasteiger partial charge in [-0.1, -0.05) is 49.1 Å². The van der Waals surface area contributed by atoms with E-state index in [2.05, 4.69) is 10.6 Å². The van der Waals surface area contributed by atoms with Crippen molar-refractivity contribution < 1.29 is 9.59 Å². The van der Waals surface area contributed by atoms with Gasteiger partial charge in [-0.3, -0.25) is 14.9 Å². The van der Waals surface area contributed by atoms with Crippen LogP contribution >= 0.6 is 12.2 Å². The van der Waals surface area contributed by atoms with Gasteiger partial charge in [0.2, 0.25) is 0 Å². The van der Waals surface area contributed by atoms with Crippen molar-refractivity contribution in [3.63, 3.8) is 0 Å². The lowest BCUT2D eigenvalue weighted by Crippen LogP contribution is -2.42. The largest absolute Gasteiger partial charge is 0.349 e. The number of carbonyl (C=O) groups excluding carboxylic acids is 2. The maximum Gasteiger partial charge on any atom is 0.257 e. The molecule has 2 aromatic rings. The molecule has 0 aromatic heterocycles. The summed E-state index contributed by atoms with van der Waals surface area (Å²) in [6.07, 6.45) is 5.59. The standard InChI is InChI=1S/C23H27N3O2S/c1-16-12-14-17(15-13-16)21(27)25-23(29)26(2)20-11-7-6-10-19(20)22(28)24-18-8-4-3-5-9-18/h6-7,10-15,18H,3-5,8-9H2,1-2H3,(H,24,28)(H,25,27,29). The molecule has 29 heavy (non-hydrogen) atoms. The number of aryl methyl sites for hydroxylation is 1. The molecule has 2 N–H and O–H groups in total. The lowest BCUT2D eigenvalue weighted by Gasteiger charge is -2.26. The summed E-state index contributed by atoms with van der Waals surface area (Å²) in [6.45, 7) is 1.97. The van der Waals surface area contributed by atoms with Crippen molar-refractivity contribution in [1.82, 2.24) is 10.6 Å². The van der Waals surface area contributed by atoms with Crippen LogP contribution in [0, 0.1) is 6.92 Å². The Bertz CT molecular complexity index is 889. The van der Waals surface area contributed by atoms with Gasteiger partial charge in [0.05, 0.1) is 11.3 Å². The Balaban J connectivity index is 1.70. The molecule has 0 unspecified atom stereocenters. The van der Waals surface area contributed by atoms with Crippen LogP contribution in [0.5, 0.6) is 0 Å². The summed E-state index contributed by atoms with van der Waals surface area (Å²) >= 11 is 5.43. The van der Waals surface area contributed by atoms with E-state index in [1.807, 2.05) is 37.3 Å². The van der Waals surface area contributed by atoms with Crippen molar-refractivity contribution in [1.29, 1.82) is 0 Å². The summed E-state index contributed by atoms with van der Waals surface area (Å²) in [4.78, 5) is 27.0. The molecule has 152 valence electrons. The molecule has 0 saturated heterocycles. The first-order chi connectivity index (χ1) is 14.0. The van der Waals surface area contributed by atoms with Crippen molar-refractivity contribution in [3.8, 4) is 0 Å². The monoisotopic (exact) mass is 409 g/mol. The van der Waals surface area contributed by atoms with Gasteiger partial charge < -0.3 is 10.2 Å². The highest BCUT2D eigenvalue weighted by atomic mass is 32.1. The Kier molecular flexibility index (Phi) is 6.99. The molecule has 2 aromatic carbocycles. The fourth-order valence-electron chi connectivity index (χ4n) is 3.54. The number of amides is 2. The molecule has 0 bridgehead atoms. The number of para-hydroxylation sites is 1. The first kappa shape index (κ1) is 21.0. The van der Waals surface area contributed by atoms with Crippen LogP contribution in [0.4, 0.5) is 5.69 Å². The minimum absolute atomic E-state index is 0.105. The fraction of sp³-hybridized carbons (Fsp3) is 0.348. The van der Waals surface area contributed by atoms with E-state index in [0.29, 0.717) is 16.8 Å². The van der Waals surface area contributed by atoms with Crippen LogP contribution in [0.2, 0.25) is 0 Å². The molecule has 0 aliphatic heterocycles. The molecule has 3 rings (SSSR count). The Labute approximate surface area is 177 Å². The minimum atomic E-state index is -0.272. The van der Waals surface area contributed by atoms with Crippen molar-refractivity contribution in [3.05, 3.63) is 65.2 Å². The predicted molar refractivity (Wildman–Crippen MR) is 120 cm³/mol. The highest BCUT2D eigenvalue weighted by Crippen LogP contribution is 2.22. The third-order valence-electron chi connectivity index (χ3n) is 5.29. The van der Waals surface area contributed by atoms with Gasteiger partial charge in [-0.15, -0.1) is 0 Å². The topological polar surface area (TPSA) is 61.4 Å². The van der Waals surface area contributed by atoms with Gasteiger partial charge in [-0.25, -0.2) is 0 Å². The van der Waals surface area contributed by atoms with E-state index in [1.54, 1.807) is 30.1 Å². The number of hydrogen-bond donors (Lipinski definition) is 2. The number of rotatable bonds is 4. The maximum atomic E-state index is 12.9. The molecule has 0 radical (unpaired) electrons. The average molecular weight is 410 g/mol. The van der Waals surface area contributed by atoms with Crippen molar-refractivity contribution >= 4 is 34.8 Å². The first-order valence-electron chi connectivity index (χ1n) is 10.0. The van der Waals surface area contributed by atoms with E-state index in [9.17, 15) is 9.59 Å². The lowest BCUT2D eigenvalue weighted by atomic mass is 9.95. The van der Waals surface area contributed by atoms with Crippen LogP contribution in [-0.2, 0) is 0 Å². The van der Waals surface area contributed by atoms with Gasteiger partial charge in [0.15, 0.2) is 5.11 Å². The molecule has 0 spiro atoms. The lowest BCUT2D eigenvalue weighted by molar-refractivity contribution is 0.0927. The van der Waals surface area contributed by atoms with Crippen LogP contribution < -0.4 is 15.5 Å². The summed E-state index contributed by atoms with van der Waals surface area (Å²) in [7, 11) is 1.75. The third-order valence-corrected chi connectivity index (χ3v) is 5.67. The summed E-state index contributed by atoms with van der Waals surface area (Å²) in [5.74, 6) is -0.377. The van der Waals surface area contributed by atoms with Crippen LogP contribution in [0.1, 0.15) is 58.4 Å². The van der Waals surface area contributed by atoms with Gasteiger partial charge in [-0.05, 0) is 56.2 Å². The fourth-order valence-corrected chi connectivity index (χ4v) is 3.73. The normalized spacial score (nSPS) is 14.1. The molecule has 1 saturated carbocycles. The second-order valence-electron chi connectivity index (χ2n) is 7.51. The summed E-state index contributed by atoms with van der Waals surface area (Å²) in [6, 6.07) is 14.8. The number of carbonyl (C=O) groups is 2. The molecule has 1 fully saturated rings. The van der Waals surface area contributed by atoms with Crippen molar-refractivity contribution in [2.24, 2.45) is 0 Å².